The summed E-state index contributed by atoms with van der Waals surface area (Å²) < 4.78 is 35.0. The van der Waals surface area contributed by atoms with E-state index in [1.807, 2.05) is 4.98 Å². The first-order valence-corrected chi connectivity index (χ1v) is 7.22. The molecular formula is C9H12FN2O8P. The van der Waals surface area contributed by atoms with Gasteiger partial charge in [-0.25, -0.2) is 13.8 Å². The van der Waals surface area contributed by atoms with E-state index in [4.69, 9.17) is 19.6 Å². The molecule has 10 nitrogen and oxygen atoms in total. The van der Waals surface area contributed by atoms with E-state index in [1.54, 1.807) is 0 Å². The second-order valence-corrected chi connectivity index (χ2v) is 5.46. The molecule has 0 unspecified atom stereocenters. The number of rotatable bonds is 4. The Balaban J connectivity index is 2.33. The van der Waals surface area contributed by atoms with Gasteiger partial charge >= 0.3 is 13.5 Å². The summed E-state index contributed by atoms with van der Waals surface area (Å²) in [6, 6.07) is 0.947. The molecule has 0 radical (unpaired) electrons. The van der Waals surface area contributed by atoms with Crippen molar-refractivity contribution in [1.82, 2.24) is 9.55 Å². The van der Waals surface area contributed by atoms with Gasteiger partial charge in [-0.15, -0.1) is 0 Å². The van der Waals surface area contributed by atoms with E-state index in [2.05, 4.69) is 4.52 Å². The van der Waals surface area contributed by atoms with Gasteiger partial charge in [-0.05, 0) is 0 Å². The molecule has 0 bridgehead atoms. The summed E-state index contributed by atoms with van der Waals surface area (Å²) in [6.07, 6.45) is -5.91. The molecule has 1 fully saturated rings. The van der Waals surface area contributed by atoms with Crippen LogP contribution >= 0.6 is 7.82 Å². The first-order valence-electron chi connectivity index (χ1n) is 5.69. The zero-order valence-electron chi connectivity index (χ0n) is 10.3. The topological polar surface area (TPSA) is 151 Å². The Kier molecular flexibility index (Phi) is 4.42. The number of aliphatic hydroxyl groups excluding tert-OH is 1. The summed E-state index contributed by atoms with van der Waals surface area (Å²) in [5, 5.41) is 9.06. The summed E-state index contributed by atoms with van der Waals surface area (Å²) in [5.74, 6) is 0. The minimum atomic E-state index is -5.02. The molecule has 21 heavy (non-hydrogen) atoms. The van der Waals surface area contributed by atoms with Crippen molar-refractivity contribution < 1.29 is 33.1 Å². The van der Waals surface area contributed by atoms with Crippen LogP contribution in [-0.2, 0) is 13.8 Å². The van der Waals surface area contributed by atoms with Gasteiger partial charge in [0.05, 0.1) is 6.61 Å². The third-order valence-corrected chi connectivity index (χ3v) is 3.35. The number of phosphoric acid groups is 1. The lowest BCUT2D eigenvalue weighted by Gasteiger charge is -2.18. The van der Waals surface area contributed by atoms with Crippen LogP contribution < -0.4 is 11.2 Å². The number of ether oxygens (including phenoxy) is 1. The lowest BCUT2D eigenvalue weighted by Crippen LogP contribution is -2.36. The molecule has 2 rings (SSSR count). The summed E-state index contributed by atoms with van der Waals surface area (Å²) in [7, 11) is -5.02. The third-order valence-electron chi connectivity index (χ3n) is 2.83. The van der Waals surface area contributed by atoms with E-state index in [1.165, 1.54) is 0 Å². The molecule has 118 valence electrons. The Morgan fingerprint density at radius 2 is 2.14 bits per heavy atom. The summed E-state index contributed by atoms with van der Waals surface area (Å²) in [4.78, 5) is 41.8. The van der Waals surface area contributed by atoms with Crippen LogP contribution in [0.1, 0.15) is 6.23 Å². The van der Waals surface area contributed by atoms with E-state index < -0.39 is 50.3 Å². The van der Waals surface area contributed by atoms with Gasteiger partial charge in [0.25, 0.3) is 5.56 Å². The number of hydrogen-bond acceptors (Lipinski definition) is 6. The predicted octanol–water partition coefficient (Wildman–Crippen LogP) is -1.76. The molecule has 12 heteroatoms. The van der Waals surface area contributed by atoms with Crippen molar-refractivity contribution >= 4 is 7.82 Å². The highest BCUT2D eigenvalue weighted by molar-refractivity contribution is 7.46. The highest BCUT2D eigenvalue weighted by atomic mass is 31.2. The fourth-order valence-corrected chi connectivity index (χ4v) is 2.55. The second kappa shape index (κ2) is 5.79. The Morgan fingerprint density at radius 1 is 1.48 bits per heavy atom. The summed E-state index contributed by atoms with van der Waals surface area (Å²) >= 11 is 0. The molecule has 1 saturated heterocycles. The van der Waals surface area contributed by atoms with Crippen LogP contribution in [0.2, 0.25) is 0 Å². The van der Waals surface area contributed by atoms with Gasteiger partial charge < -0.3 is 19.6 Å². The van der Waals surface area contributed by atoms with Crippen molar-refractivity contribution in [2.45, 2.75) is 24.6 Å². The zero-order chi connectivity index (χ0) is 15.8. The van der Waals surface area contributed by atoms with Crippen LogP contribution in [0, 0.1) is 0 Å². The van der Waals surface area contributed by atoms with Gasteiger partial charge in [-0.1, -0.05) is 0 Å². The lowest BCUT2D eigenvalue weighted by atomic mass is 10.1. The van der Waals surface area contributed by atoms with E-state index in [0.717, 1.165) is 12.3 Å². The number of aliphatic hydroxyl groups is 1. The van der Waals surface area contributed by atoms with Crippen molar-refractivity contribution in [2.24, 2.45) is 0 Å². The van der Waals surface area contributed by atoms with E-state index in [0.29, 0.717) is 4.57 Å². The van der Waals surface area contributed by atoms with Gasteiger partial charge in [0.1, 0.15) is 12.2 Å². The largest absolute Gasteiger partial charge is 0.470 e. The van der Waals surface area contributed by atoms with Gasteiger partial charge in [-0.2, -0.15) is 0 Å². The van der Waals surface area contributed by atoms with Crippen LogP contribution in [0.4, 0.5) is 4.39 Å². The van der Waals surface area contributed by atoms with Crippen molar-refractivity contribution in [2.75, 3.05) is 6.61 Å². The van der Waals surface area contributed by atoms with Crippen molar-refractivity contribution in [1.29, 1.82) is 0 Å². The number of aromatic amines is 1. The number of aromatic nitrogens is 2. The maximum absolute atomic E-state index is 14.2. The monoisotopic (exact) mass is 326 g/mol. The molecule has 4 atom stereocenters. The Hall–Kier alpha value is -1.36. The minimum Gasteiger partial charge on any atom is -0.394 e. The lowest BCUT2D eigenvalue weighted by molar-refractivity contribution is -0.0487. The molecule has 1 aromatic heterocycles. The molecule has 4 N–H and O–H groups in total. The molecule has 1 aliphatic heterocycles. The number of alkyl halides is 1. The molecule has 1 aliphatic rings. The molecule has 0 aliphatic carbocycles. The smallest absolute Gasteiger partial charge is 0.394 e. The van der Waals surface area contributed by atoms with Crippen LogP contribution in [0.25, 0.3) is 0 Å². The average Bonchev–Trinajstić information content (AvgIpc) is 2.65. The SMILES string of the molecule is O=c1ccn([C@@H]2O[C@H](CO)[C@@H](OP(=O)(O)O)[C@H]2F)c(=O)[nH]1. The average molecular weight is 326 g/mol. The van der Waals surface area contributed by atoms with Gasteiger partial charge in [0.2, 0.25) is 0 Å². The summed E-state index contributed by atoms with van der Waals surface area (Å²) in [5.41, 5.74) is -1.67. The normalized spacial score (nSPS) is 29.7. The first kappa shape index (κ1) is 16.0. The van der Waals surface area contributed by atoms with Gasteiger partial charge in [0, 0.05) is 12.3 Å². The maximum atomic E-state index is 14.2. The van der Waals surface area contributed by atoms with Gasteiger partial charge in [-0.3, -0.25) is 18.9 Å². The van der Waals surface area contributed by atoms with Crippen molar-refractivity contribution in [3.63, 3.8) is 0 Å². The van der Waals surface area contributed by atoms with Crippen molar-refractivity contribution in [3.05, 3.63) is 33.1 Å². The zero-order valence-corrected chi connectivity index (χ0v) is 11.2. The Morgan fingerprint density at radius 3 is 2.67 bits per heavy atom. The first-order chi connectivity index (χ1) is 9.73. The minimum absolute atomic E-state index is 0.692. The molecule has 2 heterocycles. The highest BCUT2D eigenvalue weighted by Crippen LogP contribution is 2.44. The van der Waals surface area contributed by atoms with E-state index in [-0.39, 0.29) is 0 Å². The van der Waals surface area contributed by atoms with Gasteiger partial charge in [0.15, 0.2) is 12.4 Å². The molecule has 0 spiro atoms. The predicted molar refractivity (Wildman–Crippen MR) is 64.1 cm³/mol. The number of halogens is 1. The van der Waals surface area contributed by atoms with Crippen LogP contribution in [0.3, 0.4) is 0 Å². The number of nitrogens with zero attached hydrogens (tertiary/aromatic N) is 1. The van der Waals surface area contributed by atoms with Crippen molar-refractivity contribution in [3.8, 4) is 0 Å². The number of hydrogen-bond donors (Lipinski definition) is 4. The number of phosphoric ester groups is 1. The Bertz CT molecular complexity index is 668. The number of nitrogens with one attached hydrogen (secondary N) is 1. The molecule has 1 aromatic rings. The van der Waals surface area contributed by atoms with Crippen LogP contribution in [0.15, 0.2) is 21.9 Å². The standard InChI is InChI=1S/C9H12FN2O8P/c10-6-7(20-21(16,17)18)4(3-13)19-8(6)12-2-1-5(14)11-9(12)15/h1-2,4,6-8,13H,3H2,(H,11,14,15)(H2,16,17,18)/t4-,6-,7-,8-/m1/s1. The third kappa shape index (κ3) is 3.46. The van der Waals surface area contributed by atoms with E-state index >= 15 is 0 Å². The summed E-state index contributed by atoms with van der Waals surface area (Å²) in [6.45, 7) is -0.778. The van der Waals surface area contributed by atoms with Crippen LogP contribution in [0.5, 0.6) is 0 Å². The van der Waals surface area contributed by atoms with E-state index in [9.17, 15) is 18.5 Å². The molecule has 0 amide bonds. The molecule has 0 saturated carbocycles. The highest BCUT2D eigenvalue weighted by Gasteiger charge is 2.49. The Labute approximate surface area is 116 Å². The molecular weight excluding hydrogens is 314 g/mol. The fourth-order valence-electron chi connectivity index (χ4n) is 1.98. The number of H-pyrrole nitrogens is 1. The maximum Gasteiger partial charge on any atom is 0.470 e. The van der Waals surface area contributed by atoms with Crippen LogP contribution in [-0.4, -0.2) is 49.4 Å². The molecule has 0 aromatic carbocycles. The second-order valence-electron chi connectivity index (χ2n) is 4.27. The fraction of sp³-hybridized carbons (Fsp3) is 0.556. The quantitative estimate of drug-likeness (QED) is 0.475.